The van der Waals surface area contributed by atoms with Crippen molar-refractivity contribution in [2.24, 2.45) is 0 Å². The average molecular weight is 342 g/mol. The molecule has 0 aliphatic heterocycles. The van der Waals surface area contributed by atoms with E-state index in [0.29, 0.717) is 34.8 Å². The van der Waals surface area contributed by atoms with Crippen molar-refractivity contribution in [3.63, 3.8) is 0 Å². The first kappa shape index (κ1) is 16.6. The Balaban J connectivity index is 1.77. The van der Waals surface area contributed by atoms with Gasteiger partial charge in [0.15, 0.2) is 18.1 Å². The van der Waals surface area contributed by atoms with Gasteiger partial charge in [-0.05, 0) is 24.3 Å². The maximum Gasteiger partial charge on any atom is 0.254 e. The zero-order valence-electron chi connectivity index (χ0n) is 14.2. The Morgan fingerprint density at radius 2 is 1.52 bits per heavy atom. The molecule has 0 spiro atoms. The van der Waals surface area contributed by atoms with E-state index in [1.165, 1.54) is 0 Å². The average Bonchev–Trinajstić information content (AvgIpc) is 3.14. The van der Waals surface area contributed by atoms with Crippen LogP contribution in [-0.2, 0) is 6.61 Å². The molecule has 0 aliphatic rings. The summed E-state index contributed by atoms with van der Waals surface area (Å²) < 4.78 is 27.3. The number of hydrogen-bond donors (Lipinski definition) is 0. The fraction of sp³-hybridized carbons (Fsp3) is 0.222. The summed E-state index contributed by atoms with van der Waals surface area (Å²) in [4.78, 5) is 0. The number of para-hydroxylation sites is 2. The second-order valence-corrected chi connectivity index (χ2v) is 4.98. The molecule has 130 valence electrons. The molecule has 25 heavy (non-hydrogen) atoms. The molecule has 0 bridgehead atoms. The molecule has 0 saturated heterocycles. The largest absolute Gasteiger partial charge is 0.496 e. The van der Waals surface area contributed by atoms with Crippen LogP contribution in [0.3, 0.4) is 0 Å². The number of nitrogens with zero attached hydrogens (tertiary/aromatic N) is 2. The van der Waals surface area contributed by atoms with Crippen LogP contribution in [0.25, 0.3) is 11.5 Å². The normalized spacial score (nSPS) is 10.4. The van der Waals surface area contributed by atoms with Crippen molar-refractivity contribution in [2.45, 2.75) is 6.61 Å². The van der Waals surface area contributed by atoms with Crippen LogP contribution >= 0.6 is 0 Å². The van der Waals surface area contributed by atoms with Crippen molar-refractivity contribution in [2.75, 3.05) is 21.3 Å². The van der Waals surface area contributed by atoms with Crippen LogP contribution < -0.4 is 18.9 Å². The first-order valence-corrected chi connectivity index (χ1v) is 7.56. The molecule has 0 radical (unpaired) electrons. The van der Waals surface area contributed by atoms with Gasteiger partial charge in [-0.3, -0.25) is 0 Å². The molecule has 0 fully saturated rings. The third kappa shape index (κ3) is 3.50. The van der Waals surface area contributed by atoms with Crippen molar-refractivity contribution in [3.05, 3.63) is 48.4 Å². The summed E-state index contributed by atoms with van der Waals surface area (Å²) in [5, 5.41) is 8.06. The molecule has 0 aliphatic carbocycles. The molecule has 0 saturated carbocycles. The SMILES string of the molecule is COc1ccccc1-c1nnc(COc2cccc(OC)c2OC)o1. The second-order valence-electron chi connectivity index (χ2n) is 4.98. The van der Waals surface area contributed by atoms with Gasteiger partial charge >= 0.3 is 0 Å². The Labute approximate surface area is 145 Å². The Morgan fingerprint density at radius 3 is 2.28 bits per heavy atom. The lowest BCUT2D eigenvalue weighted by molar-refractivity contribution is 0.246. The maximum atomic E-state index is 5.73. The number of benzene rings is 2. The first-order chi connectivity index (χ1) is 12.3. The molecule has 3 rings (SSSR count). The smallest absolute Gasteiger partial charge is 0.254 e. The Morgan fingerprint density at radius 1 is 0.800 bits per heavy atom. The van der Waals surface area contributed by atoms with Gasteiger partial charge in [-0.15, -0.1) is 10.2 Å². The van der Waals surface area contributed by atoms with Gasteiger partial charge in [0.1, 0.15) is 5.75 Å². The lowest BCUT2D eigenvalue weighted by Crippen LogP contribution is -1.99. The summed E-state index contributed by atoms with van der Waals surface area (Å²) >= 11 is 0. The standard InChI is InChI=1S/C18H18N2O5/c1-21-13-8-5-4-7-12(13)18-20-19-16(25-18)11-24-15-10-6-9-14(22-2)17(15)23-3/h4-10H,11H2,1-3H3. The van der Waals surface area contributed by atoms with E-state index < -0.39 is 0 Å². The van der Waals surface area contributed by atoms with E-state index >= 15 is 0 Å². The van der Waals surface area contributed by atoms with E-state index in [1.807, 2.05) is 30.3 Å². The Hall–Kier alpha value is -3.22. The molecule has 0 unspecified atom stereocenters. The van der Waals surface area contributed by atoms with Crippen molar-refractivity contribution >= 4 is 0 Å². The van der Waals surface area contributed by atoms with Crippen LogP contribution in [0.5, 0.6) is 23.0 Å². The highest BCUT2D eigenvalue weighted by molar-refractivity contribution is 5.62. The summed E-state index contributed by atoms with van der Waals surface area (Å²) in [6.07, 6.45) is 0. The molecule has 7 nitrogen and oxygen atoms in total. The van der Waals surface area contributed by atoms with Crippen molar-refractivity contribution in [1.29, 1.82) is 0 Å². The van der Waals surface area contributed by atoms with Crippen LogP contribution in [0.15, 0.2) is 46.9 Å². The summed E-state index contributed by atoms with van der Waals surface area (Å²) in [5.41, 5.74) is 0.725. The van der Waals surface area contributed by atoms with Gasteiger partial charge in [0.05, 0.1) is 26.9 Å². The quantitative estimate of drug-likeness (QED) is 0.652. The predicted octanol–water partition coefficient (Wildman–Crippen LogP) is 3.34. The highest BCUT2D eigenvalue weighted by Gasteiger charge is 2.15. The summed E-state index contributed by atoms with van der Waals surface area (Å²) in [6.45, 7) is 0.103. The lowest BCUT2D eigenvalue weighted by Gasteiger charge is -2.12. The lowest BCUT2D eigenvalue weighted by atomic mass is 10.2. The number of ether oxygens (including phenoxy) is 4. The Bertz CT molecular complexity index is 847. The third-order valence-electron chi connectivity index (χ3n) is 3.52. The highest BCUT2D eigenvalue weighted by Crippen LogP contribution is 2.37. The van der Waals surface area contributed by atoms with Gasteiger partial charge in [-0.25, -0.2) is 0 Å². The van der Waals surface area contributed by atoms with Crippen molar-refractivity contribution in [3.8, 4) is 34.5 Å². The van der Waals surface area contributed by atoms with E-state index in [1.54, 1.807) is 33.5 Å². The summed E-state index contributed by atoms with van der Waals surface area (Å²) in [5.74, 6) is 2.99. The van der Waals surface area contributed by atoms with Crippen LogP contribution in [0.2, 0.25) is 0 Å². The van der Waals surface area contributed by atoms with Crippen molar-refractivity contribution < 1.29 is 23.4 Å². The predicted molar refractivity (Wildman–Crippen MR) is 90.2 cm³/mol. The number of methoxy groups -OCH3 is 3. The highest BCUT2D eigenvalue weighted by atomic mass is 16.5. The monoisotopic (exact) mass is 342 g/mol. The van der Waals surface area contributed by atoms with E-state index in [4.69, 9.17) is 23.4 Å². The van der Waals surface area contributed by atoms with Gasteiger partial charge in [0, 0.05) is 0 Å². The molecular formula is C18H18N2O5. The topological polar surface area (TPSA) is 75.8 Å². The molecule has 0 N–H and O–H groups in total. The van der Waals surface area contributed by atoms with Gasteiger partial charge in [-0.2, -0.15) is 0 Å². The van der Waals surface area contributed by atoms with Crippen LogP contribution in [0.4, 0.5) is 0 Å². The molecule has 2 aromatic carbocycles. The molecule has 1 heterocycles. The Kier molecular flexibility index (Phi) is 5.03. The molecule has 0 amide bonds. The van der Waals surface area contributed by atoms with Gasteiger partial charge in [-0.1, -0.05) is 18.2 Å². The molecule has 7 heteroatoms. The van der Waals surface area contributed by atoms with Crippen molar-refractivity contribution in [1.82, 2.24) is 10.2 Å². The van der Waals surface area contributed by atoms with Crippen LogP contribution in [0, 0.1) is 0 Å². The fourth-order valence-electron chi connectivity index (χ4n) is 2.35. The van der Waals surface area contributed by atoms with E-state index in [9.17, 15) is 0 Å². The van der Waals surface area contributed by atoms with E-state index in [-0.39, 0.29) is 6.61 Å². The van der Waals surface area contributed by atoms with Crippen LogP contribution in [-0.4, -0.2) is 31.5 Å². The number of aromatic nitrogens is 2. The minimum Gasteiger partial charge on any atom is -0.496 e. The van der Waals surface area contributed by atoms with E-state index in [2.05, 4.69) is 10.2 Å². The minimum atomic E-state index is 0.103. The summed E-state index contributed by atoms with van der Waals surface area (Å²) in [7, 11) is 4.71. The molecule has 3 aromatic rings. The molecule has 0 atom stereocenters. The van der Waals surface area contributed by atoms with Gasteiger partial charge < -0.3 is 23.4 Å². The van der Waals surface area contributed by atoms with Crippen LogP contribution in [0.1, 0.15) is 5.89 Å². The second kappa shape index (κ2) is 7.57. The number of rotatable bonds is 7. The van der Waals surface area contributed by atoms with Gasteiger partial charge in [0.2, 0.25) is 5.75 Å². The number of hydrogen-bond acceptors (Lipinski definition) is 7. The van der Waals surface area contributed by atoms with Gasteiger partial charge in [0.25, 0.3) is 11.8 Å². The maximum absolute atomic E-state index is 5.73. The summed E-state index contributed by atoms with van der Waals surface area (Å²) in [6, 6.07) is 12.8. The first-order valence-electron chi connectivity index (χ1n) is 7.56. The molecule has 1 aromatic heterocycles. The zero-order chi connectivity index (χ0) is 17.6. The van der Waals surface area contributed by atoms with E-state index in [0.717, 1.165) is 5.56 Å². The molecular weight excluding hydrogens is 324 g/mol. The third-order valence-corrected chi connectivity index (χ3v) is 3.52. The fourth-order valence-corrected chi connectivity index (χ4v) is 2.35. The minimum absolute atomic E-state index is 0.103. The zero-order valence-corrected chi connectivity index (χ0v) is 14.2.